The second-order valence-electron chi connectivity index (χ2n) is 6.94. The molecule has 0 amide bonds. The zero-order valence-electron chi connectivity index (χ0n) is 15.1. The largest absolute Gasteiger partial charge is 0.304 e. The highest BCUT2D eigenvalue weighted by molar-refractivity contribution is 7.71. The van der Waals surface area contributed by atoms with E-state index in [9.17, 15) is 0 Å². The maximum Gasteiger partial charge on any atom is 0.199 e. The van der Waals surface area contributed by atoms with Gasteiger partial charge in [-0.2, -0.15) is 10.2 Å². The number of hydrogen-bond acceptors (Lipinski definition) is 4. The normalized spacial score (nSPS) is 14.4. The van der Waals surface area contributed by atoms with E-state index in [4.69, 9.17) is 17.3 Å². The van der Waals surface area contributed by atoms with Crippen molar-refractivity contribution in [1.29, 1.82) is 0 Å². The Balaban J connectivity index is 1.44. The average Bonchev–Trinajstić information content (AvgIpc) is 3.13. The molecule has 0 saturated heterocycles. The molecule has 1 aromatic carbocycles. The Morgan fingerprint density at radius 3 is 2.85 bits per heavy atom. The van der Waals surface area contributed by atoms with Crippen LogP contribution in [0.1, 0.15) is 30.7 Å². The molecule has 0 N–H and O–H groups in total. The van der Waals surface area contributed by atoms with Gasteiger partial charge in [0.25, 0.3) is 0 Å². The molecule has 3 heterocycles. The summed E-state index contributed by atoms with van der Waals surface area (Å²) in [5.74, 6) is 1.14. The van der Waals surface area contributed by atoms with Crippen molar-refractivity contribution >= 4 is 12.2 Å². The Bertz CT molecular complexity index is 923. The van der Waals surface area contributed by atoms with E-state index in [1.807, 2.05) is 33.8 Å². The van der Waals surface area contributed by atoms with Crippen LogP contribution in [0.25, 0.3) is 5.69 Å². The molecule has 0 saturated carbocycles. The van der Waals surface area contributed by atoms with E-state index in [0.717, 1.165) is 35.8 Å². The number of fused-ring (bicyclic) bond motifs is 1. The SMILES string of the molecule is CN(Cc1cnn(-c2ccccc2)c1)Cn1nc2n(c1=S)CCCCC2. The van der Waals surface area contributed by atoms with E-state index in [1.54, 1.807) is 0 Å². The van der Waals surface area contributed by atoms with Gasteiger partial charge in [0.1, 0.15) is 5.82 Å². The summed E-state index contributed by atoms with van der Waals surface area (Å²) in [5.41, 5.74) is 2.24. The molecule has 0 spiro atoms. The number of aromatic nitrogens is 5. The van der Waals surface area contributed by atoms with Crippen LogP contribution in [0.15, 0.2) is 42.7 Å². The second-order valence-corrected chi connectivity index (χ2v) is 7.31. The van der Waals surface area contributed by atoms with Gasteiger partial charge in [-0.3, -0.25) is 4.90 Å². The number of aryl methyl sites for hydroxylation is 1. The van der Waals surface area contributed by atoms with E-state index in [0.29, 0.717) is 6.67 Å². The highest BCUT2D eigenvalue weighted by Crippen LogP contribution is 2.15. The van der Waals surface area contributed by atoms with Gasteiger partial charge in [-0.25, -0.2) is 9.36 Å². The van der Waals surface area contributed by atoms with Gasteiger partial charge in [0.2, 0.25) is 0 Å². The van der Waals surface area contributed by atoms with Gasteiger partial charge in [-0.15, -0.1) is 0 Å². The Morgan fingerprint density at radius 1 is 1.15 bits per heavy atom. The van der Waals surface area contributed by atoms with Crippen LogP contribution in [0, 0.1) is 4.77 Å². The molecule has 0 atom stereocenters. The van der Waals surface area contributed by atoms with Gasteiger partial charge in [0.05, 0.1) is 18.6 Å². The summed E-state index contributed by atoms with van der Waals surface area (Å²) in [6.45, 7) is 2.49. The van der Waals surface area contributed by atoms with Crippen molar-refractivity contribution in [2.75, 3.05) is 7.05 Å². The smallest absolute Gasteiger partial charge is 0.199 e. The maximum absolute atomic E-state index is 5.64. The lowest BCUT2D eigenvalue weighted by molar-refractivity contribution is 0.243. The molecule has 0 radical (unpaired) electrons. The van der Waals surface area contributed by atoms with Gasteiger partial charge >= 0.3 is 0 Å². The molecule has 2 aromatic heterocycles. The van der Waals surface area contributed by atoms with Crippen molar-refractivity contribution in [2.45, 2.75) is 45.4 Å². The van der Waals surface area contributed by atoms with E-state index in [2.05, 4.69) is 39.9 Å². The molecule has 3 aromatic rings. The Labute approximate surface area is 158 Å². The van der Waals surface area contributed by atoms with Gasteiger partial charge < -0.3 is 4.57 Å². The van der Waals surface area contributed by atoms with Crippen molar-refractivity contribution in [3.05, 3.63) is 58.9 Å². The van der Waals surface area contributed by atoms with Crippen LogP contribution in [0.5, 0.6) is 0 Å². The fourth-order valence-corrected chi connectivity index (χ4v) is 3.77. The average molecular weight is 369 g/mol. The Morgan fingerprint density at radius 2 is 2.00 bits per heavy atom. The lowest BCUT2D eigenvalue weighted by Gasteiger charge is -2.15. The topological polar surface area (TPSA) is 43.8 Å². The first kappa shape index (κ1) is 17.2. The standard InChI is InChI=1S/C19H24N6S/c1-22(13-16-12-20-24(14-16)17-8-4-2-5-9-17)15-25-19(26)23-11-7-3-6-10-18(23)21-25/h2,4-5,8-9,12,14H,3,6-7,10-11,13,15H2,1H3. The first-order valence-corrected chi connectivity index (χ1v) is 9.55. The molecule has 6 nitrogen and oxygen atoms in total. The molecular formula is C19H24N6S. The summed E-state index contributed by atoms with van der Waals surface area (Å²) >= 11 is 5.64. The monoisotopic (exact) mass is 368 g/mol. The summed E-state index contributed by atoms with van der Waals surface area (Å²) in [4.78, 5) is 2.22. The van der Waals surface area contributed by atoms with Crippen LogP contribution in [-0.4, -0.2) is 36.1 Å². The molecule has 0 aliphatic carbocycles. The molecule has 0 bridgehead atoms. The maximum atomic E-state index is 5.64. The highest BCUT2D eigenvalue weighted by atomic mass is 32.1. The Kier molecular flexibility index (Phi) is 4.99. The summed E-state index contributed by atoms with van der Waals surface area (Å²) < 4.78 is 6.92. The van der Waals surface area contributed by atoms with Gasteiger partial charge in [0, 0.05) is 31.3 Å². The van der Waals surface area contributed by atoms with Crippen LogP contribution in [0.3, 0.4) is 0 Å². The summed E-state index contributed by atoms with van der Waals surface area (Å²) in [5, 5.41) is 9.23. The van der Waals surface area contributed by atoms with Crippen molar-refractivity contribution in [2.24, 2.45) is 0 Å². The van der Waals surface area contributed by atoms with Crippen LogP contribution in [0.4, 0.5) is 0 Å². The molecule has 0 fully saturated rings. The predicted molar refractivity (Wildman–Crippen MR) is 104 cm³/mol. The van der Waals surface area contributed by atoms with Crippen LogP contribution in [0.2, 0.25) is 0 Å². The summed E-state index contributed by atoms with van der Waals surface area (Å²) in [6, 6.07) is 10.2. The third-order valence-corrected chi connectivity index (χ3v) is 5.20. The molecule has 0 unspecified atom stereocenters. The molecule has 4 rings (SSSR count). The van der Waals surface area contributed by atoms with Crippen LogP contribution >= 0.6 is 12.2 Å². The minimum atomic E-state index is 0.690. The predicted octanol–water partition coefficient (Wildman–Crippen LogP) is 3.42. The first-order valence-electron chi connectivity index (χ1n) is 9.15. The van der Waals surface area contributed by atoms with E-state index in [1.165, 1.54) is 24.8 Å². The molecule has 7 heteroatoms. The number of rotatable bonds is 5. The molecular weight excluding hydrogens is 344 g/mol. The number of hydrogen-bond donors (Lipinski definition) is 0. The molecule has 26 heavy (non-hydrogen) atoms. The zero-order valence-corrected chi connectivity index (χ0v) is 15.9. The van der Waals surface area contributed by atoms with Gasteiger partial charge in [0.15, 0.2) is 4.77 Å². The fraction of sp³-hybridized carbons (Fsp3) is 0.421. The number of para-hydroxylation sites is 1. The van der Waals surface area contributed by atoms with Crippen LogP contribution in [-0.2, 0) is 26.2 Å². The summed E-state index contributed by atoms with van der Waals surface area (Å²) in [6.07, 6.45) is 8.70. The number of benzene rings is 1. The quantitative estimate of drug-likeness (QED) is 0.647. The van der Waals surface area contributed by atoms with Gasteiger partial charge in [-0.1, -0.05) is 24.6 Å². The number of nitrogens with zero attached hydrogens (tertiary/aromatic N) is 6. The minimum Gasteiger partial charge on any atom is -0.304 e. The second kappa shape index (κ2) is 7.55. The summed E-state index contributed by atoms with van der Waals surface area (Å²) in [7, 11) is 2.09. The van der Waals surface area contributed by atoms with E-state index < -0.39 is 0 Å². The van der Waals surface area contributed by atoms with Gasteiger partial charge in [-0.05, 0) is 44.2 Å². The van der Waals surface area contributed by atoms with Crippen molar-refractivity contribution in [1.82, 2.24) is 29.0 Å². The third-order valence-electron chi connectivity index (χ3n) is 4.77. The molecule has 1 aliphatic rings. The zero-order chi connectivity index (χ0) is 17.9. The minimum absolute atomic E-state index is 0.690. The van der Waals surface area contributed by atoms with E-state index in [-0.39, 0.29) is 0 Å². The molecule has 136 valence electrons. The van der Waals surface area contributed by atoms with Crippen LogP contribution < -0.4 is 0 Å². The lowest BCUT2D eigenvalue weighted by Crippen LogP contribution is -2.22. The highest BCUT2D eigenvalue weighted by Gasteiger charge is 2.14. The lowest BCUT2D eigenvalue weighted by atomic mass is 10.2. The Hall–Kier alpha value is -2.25. The molecule has 1 aliphatic heterocycles. The van der Waals surface area contributed by atoms with Crippen molar-refractivity contribution in [3.63, 3.8) is 0 Å². The first-order chi connectivity index (χ1) is 12.7. The third kappa shape index (κ3) is 3.64. The van der Waals surface area contributed by atoms with Crippen molar-refractivity contribution < 1.29 is 0 Å². The fourth-order valence-electron chi connectivity index (χ4n) is 3.47. The van der Waals surface area contributed by atoms with Crippen molar-refractivity contribution in [3.8, 4) is 5.69 Å². The van der Waals surface area contributed by atoms with E-state index >= 15 is 0 Å².